The highest BCUT2D eigenvalue weighted by Crippen LogP contribution is 2.50. The minimum atomic E-state index is -3.50. The van der Waals surface area contributed by atoms with Gasteiger partial charge in [0.2, 0.25) is 0 Å². The third-order valence-corrected chi connectivity index (χ3v) is 6.25. The molecule has 2 heterocycles. The first kappa shape index (κ1) is 25.7. The fraction of sp³-hybridized carbons (Fsp3) is 0.667. The van der Waals surface area contributed by atoms with Crippen LogP contribution in [0.25, 0.3) is 0 Å². The predicted molar refractivity (Wildman–Crippen MR) is 112 cm³/mol. The Hall–Kier alpha value is -1.53. The Morgan fingerprint density at radius 2 is 1.90 bits per heavy atom. The second kappa shape index (κ2) is 11.9. The van der Waals surface area contributed by atoms with Crippen molar-refractivity contribution in [3.05, 3.63) is 44.5 Å². The molecule has 11 nitrogen and oxygen atoms in total. The molecule has 1 N–H and O–H groups in total. The first-order valence-corrected chi connectivity index (χ1v) is 11.4. The van der Waals surface area contributed by atoms with Crippen LogP contribution in [0.15, 0.2) is 27.7 Å². The van der Waals surface area contributed by atoms with E-state index in [0.29, 0.717) is 5.56 Å². The predicted octanol–water partition coefficient (Wildman–Crippen LogP) is 1.02. The molecule has 1 saturated heterocycles. The Kier molecular flexibility index (Phi) is 9.89. The van der Waals surface area contributed by atoms with Crippen LogP contribution in [0.3, 0.4) is 0 Å². The van der Waals surface area contributed by atoms with Crippen LogP contribution in [0.2, 0.25) is 0 Å². The molecule has 0 bridgehead atoms. The number of hydrogen-bond donors (Lipinski definition) is 1. The third kappa shape index (κ3) is 6.49. The number of hydrogen-bond acceptors (Lipinski definition) is 9. The molecule has 0 aromatic carbocycles. The molecule has 4 atom stereocenters. The summed E-state index contributed by atoms with van der Waals surface area (Å²) in [7, 11) is 3.52. The second-order valence-electron chi connectivity index (χ2n) is 6.62. The lowest BCUT2D eigenvalue weighted by Gasteiger charge is -2.24. The Morgan fingerprint density at radius 3 is 2.48 bits per heavy atom. The van der Waals surface area contributed by atoms with Crippen molar-refractivity contribution >= 4 is 15.6 Å². The number of ether oxygens (including phenoxy) is 3. The highest BCUT2D eigenvalue weighted by molar-refractivity contribution is 7.57. The van der Waals surface area contributed by atoms with Crippen LogP contribution in [-0.4, -0.2) is 69.4 Å². The fourth-order valence-corrected chi connectivity index (χ4v) is 4.44. The monoisotopic (exact) mass is 458 g/mol. The molecule has 1 aliphatic rings. The zero-order valence-corrected chi connectivity index (χ0v) is 18.9. The van der Waals surface area contributed by atoms with Crippen molar-refractivity contribution in [1.29, 1.82) is 0 Å². The molecule has 2 rings (SSSR count). The molecule has 13 heteroatoms. The van der Waals surface area contributed by atoms with Gasteiger partial charge in [0.25, 0.3) is 13.6 Å². The van der Waals surface area contributed by atoms with Gasteiger partial charge in [0.05, 0.1) is 32.5 Å². The Bertz CT molecular complexity index is 893. The molecule has 0 spiro atoms. The maximum Gasteiger partial charge on any atom is 0.353 e. The average molecular weight is 458 g/mol. The fourth-order valence-electron chi connectivity index (χ4n) is 3.09. The van der Waals surface area contributed by atoms with Crippen molar-refractivity contribution in [2.45, 2.75) is 45.3 Å². The van der Waals surface area contributed by atoms with E-state index in [-0.39, 0.29) is 26.4 Å². The third-order valence-electron chi connectivity index (χ3n) is 4.48. The summed E-state index contributed by atoms with van der Waals surface area (Å²) in [5.74, 6) is 1.27. The van der Waals surface area contributed by atoms with Gasteiger partial charge in [-0.2, -0.15) is 0 Å². The highest BCUT2D eigenvalue weighted by atomic mass is 31.2. The summed E-state index contributed by atoms with van der Waals surface area (Å²) in [5, 5.41) is 0. The molecule has 1 aromatic rings. The van der Waals surface area contributed by atoms with E-state index in [1.165, 1.54) is 29.8 Å². The summed E-state index contributed by atoms with van der Waals surface area (Å²) in [4.78, 5) is 26.4. The maximum atomic E-state index is 12.7. The smallest absolute Gasteiger partial charge is 0.353 e. The van der Waals surface area contributed by atoms with Gasteiger partial charge >= 0.3 is 13.3 Å². The van der Waals surface area contributed by atoms with E-state index >= 15 is 0 Å². The molecular weight excluding hydrogens is 430 g/mol. The largest absolute Gasteiger partial charge is 0.440 e. The van der Waals surface area contributed by atoms with E-state index in [1.54, 1.807) is 20.8 Å². The lowest BCUT2D eigenvalue weighted by atomic mass is 10.1. The minimum absolute atomic E-state index is 0.171. The molecular formula is C18H28BN2O9P. The van der Waals surface area contributed by atoms with Crippen LogP contribution in [0.5, 0.6) is 0 Å². The van der Waals surface area contributed by atoms with Crippen LogP contribution in [0.1, 0.15) is 25.6 Å². The highest BCUT2D eigenvalue weighted by Gasteiger charge is 2.46. The summed E-state index contributed by atoms with van der Waals surface area (Å²) in [6.07, 6.45) is -0.730. The SMILES string of the molecule is [B]O[C@@H]1C(/C=C/P(=O)(OCC)OCC)O[C@@H](n2cc(C)c(=O)[nH]c2=O)[C@@H]1OCCOC. The van der Waals surface area contributed by atoms with E-state index in [2.05, 4.69) is 4.98 Å². The van der Waals surface area contributed by atoms with Gasteiger partial charge in [-0.1, -0.05) is 0 Å². The van der Waals surface area contributed by atoms with E-state index in [1.807, 2.05) is 0 Å². The van der Waals surface area contributed by atoms with Crippen LogP contribution >= 0.6 is 7.60 Å². The molecule has 1 fully saturated rings. The lowest BCUT2D eigenvalue weighted by Crippen LogP contribution is -2.40. The van der Waals surface area contributed by atoms with Gasteiger partial charge in [0, 0.05) is 24.7 Å². The van der Waals surface area contributed by atoms with Crippen molar-refractivity contribution in [3.63, 3.8) is 0 Å². The number of H-pyrrole nitrogens is 1. The van der Waals surface area contributed by atoms with Crippen LogP contribution in [0, 0.1) is 6.92 Å². The number of methoxy groups -OCH3 is 1. The number of nitrogens with one attached hydrogen (secondary N) is 1. The number of aromatic amines is 1. The molecule has 2 radical (unpaired) electrons. The summed E-state index contributed by atoms with van der Waals surface area (Å²) in [5.41, 5.74) is -0.885. The zero-order valence-electron chi connectivity index (χ0n) is 18.0. The van der Waals surface area contributed by atoms with Crippen molar-refractivity contribution in [2.24, 2.45) is 0 Å². The average Bonchev–Trinajstić information content (AvgIpc) is 3.07. The van der Waals surface area contributed by atoms with Crippen LogP contribution in [0.4, 0.5) is 0 Å². The quantitative estimate of drug-likeness (QED) is 0.278. The maximum absolute atomic E-state index is 12.7. The number of aromatic nitrogens is 2. The second-order valence-corrected chi connectivity index (χ2v) is 8.51. The number of nitrogens with zero attached hydrogens (tertiary/aromatic N) is 1. The van der Waals surface area contributed by atoms with Crippen molar-refractivity contribution in [3.8, 4) is 0 Å². The number of rotatable bonds is 12. The van der Waals surface area contributed by atoms with Gasteiger partial charge in [-0.3, -0.25) is 18.9 Å². The van der Waals surface area contributed by atoms with Gasteiger partial charge in [-0.05, 0) is 26.8 Å². The van der Waals surface area contributed by atoms with E-state index in [9.17, 15) is 14.2 Å². The van der Waals surface area contributed by atoms with Gasteiger partial charge < -0.3 is 27.9 Å². The van der Waals surface area contributed by atoms with Crippen LogP contribution < -0.4 is 11.2 Å². The van der Waals surface area contributed by atoms with E-state index in [4.69, 9.17) is 36.0 Å². The van der Waals surface area contributed by atoms with E-state index < -0.39 is 43.4 Å². The topological polar surface area (TPSA) is 127 Å². The summed E-state index contributed by atoms with van der Waals surface area (Å²) in [6, 6.07) is 0. The normalized spacial score (nSPS) is 24.3. The van der Waals surface area contributed by atoms with Crippen molar-refractivity contribution in [2.75, 3.05) is 33.5 Å². The molecule has 1 aromatic heterocycles. The minimum Gasteiger partial charge on any atom is -0.440 e. The van der Waals surface area contributed by atoms with Gasteiger partial charge in [0.1, 0.15) is 12.2 Å². The molecule has 1 unspecified atom stereocenters. The van der Waals surface area contributed by atoms with Gasteiger partial charge in [0.15, 0.2) is 6.23 Å². The van der Waals surface area contributed by atoms with Gasteiger partial charge in [-0.15, -0.1) is 0 Å². The standard InChI is InChI=1S/C18H28BN2O9P/c1-5-27-31(24,28-6-2)10-7-13-14(30-19)15(26-9-8-25-4)17(29-13)21-11-12(3)16(22)20-18(21)23/h7,10-11,13-15,17H,5-6,8-9H2,1-4H3,(H,20,22,23)/b10-7+/t13?,14-,15-,17-/m1/s1. The van der Waals surface area contributed by atoms with Crippen molar-refractivity contribution in [1.82, 2.24) is 9.55 Å². The molecule has 172 valence electrons. The first-order chi connectivity index (χ1) is 14.8. The Balaban J connectivity index is 2.40. The lowest BCUT2D eigenvalue weighted by molar-refractivity contribution is -0.0754. The molecule has 0 aliphatic carbocycles. The Labute approximate surface area is 181 Å². The Morgan fingerprint density at radius 1 is 1.23 bits per heavy atom. The van der Waals surface area contributed by atoms with Gasteiger partial charge in [-0.25, -0.2) is 4.79 Å². The summed E-state index contributed by atoms with van der Waals surface area (Å²) in [6.45, 7) is 5.76. The summed E-state index contributed by atoms with van der Waals surface area (Å²) < 4.78 is 46.3. The molecule has 31 heavy (non-hydrogen) atoms. The molecule has 0 saturated carbocycles. The van der Waals surface area contributed by atoms with Crippen molar-refractivity contribution < 1.29 is 32.5 Å². The number of aryl methyl sites for hydroxylation is 1. The van der Waals surface area contributed by atoms with E-state index in [0.717, 1.165) is 0 Å². The van der Waals surface area contributed by atoms with Crippen LogP contribution in [-0.2, 0) is 32.5 Å². The molecule has 1 aliphatic heterocycles. The zero-order chi connectivity index (χ0) is 23.0. The summed E-state index contributed by atoms with van der Waals surface area (Å²) >= 11 is 0. The first-order valence-electron chi connectivity index (χ1n) is 9.82. The molecule has 0 amide bonds.